The molecule has 0 aliphatic heterocycles. The summed E-state index contributed by atoms with van der Waals surface area (Å²) in [6.07, 6.45) is 1.68. The molecule has 7 nitrogen and oxygen atoms in total. The van der Waals surface area contributed by atoms with Crippen LogP contribution >= 0.6 is 0 Å². The van der Waals surface area contributed by atoms with Crippen molar-refractivity contribution in [3.05, 3.63) is 59.2 Å². The molecular formula is C19H21NO6S. The van der Waals surface area contributed by atoms with Gasteiger partial charge in [0.15, 0.2) is 16.4 Å². The number of carbonyl (C=O) groups is 2. The van der Waals surface area contributed by atoms with Crippen molar-refractivity contribution in [2.75, 3.05) is 19.4 Å². The fourth-order valence-electron chi connectivity index (χ4n) is 2.46. The Morgan fingerprint density at radius 2 is 1.78 bits per heavy atom. The van der Waals surface area contributed by atoms with Crippen LogP contribution < -0.4 is 10.1 Å². The van der Waals surface area contributed by atoms with Gasteiger partial charge in [-0.15, -0.1) is 0 Å². The van der Waals surface area contributed by atoms with Gasteiger partial charge in [0.1, 0.15) is 5.75 Å². The van der Waals surface area contributed by atoms with Crippen LogP contribution in [0.2, 0.25) is 0 Å². The zero-order valence-corrected chi connectivity index (χ0v) is 15.9. The molecule has 8 heteroatoms. The molecule has 0 aliphatic rings. The van der Waals surface area contributed by atoms with Crippen LogP contribution in [0.1, 0.15) is 21.5 Å². The lowest BCUT2D eigenvalue weighted by molar-refractivity contribution is -0.139. The van der Waals surface area contributed by atoms with Crippen molar-refractivity contribution < 1.29 is 27.9 Å². The first-order valence-corrected chi connectivity index (χ1v) is 10.1. The van der Waals surface area contributed by atoms with Crippen molar-refractivity contribution in [2.45, 2.75) is 18.2 Å². The monoisotopic (exact) mass is 391 g/mol. The second-order valence-electron chi connectivity index (χ2n) is 6.08. The van der Waals surface area contributed by atoms with Crippen molar-refractivity contribution in [1.29, 1.82) is 0 Å². The van der Waals surface area contributed by atoms with E-state index < -0.39 is 22.4 Å². The smallest absolute Gasteiger partial charge is 0.341 e. The molecule has 2 aromatic rings. The van der Waals surface area contributed by atoms with E-state index in [1.165, 1.54) is 6.07 Å². The minimum atomic E-state index is -3.40. The van der Waals surface area contributed by atoms with E-state index in [1.54, 1.807) is 43.3 Å². The standard InChI is InChI=1S/C19H21NO6S/c1-13-3-6-15(11-17(13)27(2,24)25)19(23)20-10-9-14-4-7-16(8-5-14)26-12-18(21)22/h3-8,11H,9-10,12H2,1-2H3,(H,20,23)(H,21,22). The van der Waals surface area contributed by atoms with Gasteiger partial charge in [0.2, 0.25) is 0 Å². The number of ether oxygens (including phenoxy) is 1. The fraction of sp³-hybridized carbons (Fsp3) is 0.263. The lowest BCUT2D eigenvalue weighted by Crippen LogP contribution is -2.26. The number of sulfone groups is 1. The van der Waals surface area contributed by atoms with Crippen LogP contribution in [0, 0.1) is 6.92 Å². The normalized spacial score (nSPS) is 11.0. The van der Waals surface area contributed by atoms with Crippen LogP contribution in [-0.2, 0) is 21.1 Å². The number of benzene rings is 2. The predicted molar refractivity (Wildman–Crippen MR) is 99.9 cm³/mol. The van der Waals surface area contributed by atoms with Crippen LogP contribution in [-0.4, -0.2) is 44.8 Å². The van der Waals surface area contributed by atoms with Gasteiger partial charge in [-0.05, 0) is 48.7 Å². The molecule has 0 spiro atoms. The number of amides is 1. The number of aliphatic carboxylic acids is 1. The average Bonchev–Trinajstić information content (AvgIpc) is 2.60. The highest BCUT2D eigenvalue weighted by atomic mass is 32.2. The second-order valence-corrected chi connectivity index (χ2v) is 8.07. The molecule has 0 saturated carbocycles. The van der Waals surface area contributed by atoms with Crippen molar-refractivity contribution in [1.82, 2.24) is 5.32 Å². The van der Waals surface area contributed by atoms with Gasteiger partial charge < -0.3 is 15.2 Å². The molecule has 2 aromatic carbocycles. The highest BCUT2D eigenvalue weighted by Crippen LogP contribution is 2.17. The van der Waals surface area contributed by atoms with E-state index in [-0.39, 0.29) is 10.8 Å². The molecule has 144 valence electrons. The van der Waals surface area contributed by atoms with Crippen molar-refractivity contribution in [2.24, 2.45) is 0 Å². The Balaban J connectivity index is 1.92. The molecule has 0 saturated heterocycles. The minimum Gasteiger partial charge on any atom is -0.482 e. The summed E-state index contributed by atoms with van der Waals surface area (Å²) in [7, 11) is -3.40. The van der Waals surface area contributed by atoms with E-state index in [0.717, 1.165) is 11.8 Å². The first-order chi connectivity index (χ1) is 12.7. The number of carbonyl (C=O) groups excluding carboxylic acids is 1. The number of hydrogen-bond donors (Lipinski definition) is 2. The quantitative estimate of drug-likeness (QED) is 0.710. The van der Waals surface area contributed by atoms with Crippen LogP contribution in [0.3, 0.4) is 0 Å². The van der Waals surface area contributed by atoms with E-state index in [1.807, 2.05) is 0 Å². The lowest BCUT2D eigenvalue weighted by Gasteiger charge is -2.09. The Labute approximate surface area is 157 Å². The Morgan fingerprint density at radius 3 is 2.37 bits per heavy atom. The highest BCUT2D eigenvalue weighted by molar-refractivity contribution is 7.90. The van der Waals surface area contributed by atoms with Crippen LogP contribution in [0.25, 0.3) is 0 Å². The lowest BCUT2D eigenvalue weighted by atomic mass is 10.1. The van der Waals surface area contributed by atoms with Gasteiger partial charge in [-0.25, -0.2) is 13.2 Å². The van der Waals surface area contributed by atoms with E-state index in [9.17, 15) is 18.0 Å². The largest absolute Gasteiger partial charge is 0.482 e. The summed E-state index contributed by atoms with van der Waals surface area (Å²) < 4.78 is 28.6. The van der Waals surface area contributed by atoms with E-state index in [2.05, 4.69) is 5.32 Å². The van der Waals surface area contributed by atoms with Crippen molar-refractivity contribution in [3.63, 3.8) is 0 Å². The number of rotatable bonds is 8. The third-order valence-corrected chi connectivity index (χ3v) is 5.07. The number of hydrogen-bond acceptors (Lipinski definition) is 5. The molecule has 0 aliphatic carbocycles. The number of aryl methyl sites for hydroxylation is 1. The van der Waals surface area contributed by atoms with Crippen molar-refractivity contribution in [3.8, 4) is 5.75 Å². The Hall–Kier alpha value is -2.87. The zero-order chi connectivity index (χ0) is 20.0. The molecule has 2 N–H and O–H groups in total. The summed E-state index contributed by atoms with van der Waals surface area (Å²) in [5.74, 6) is -0.934. The number of nitrogens with one attached hydrogen (secondary N) is 1. The maximum absolute atomic E-state index is 12.2. The summed E-state index contributed by atoms with van der Waals surface area (Å²) in [4.78, 5) is 22.9. The molecular weight excluding hydrogens is 370 g/mol. The van der Waals surface area contributed by atoms with Crippen LogP contribution in [0.4, 0.5) is 0 Å². The van der Waals surface area contributed by atoms with Gasteiger partial charge in [0.25, 0.3) is 5.91 Å². The van der Waals surface area contributed by atoms with E-state index in [4.69, 9.17) is 9.84 Å². The summed E-state index contributed by atoms with van der Waals surface area (Å²) in [5.41, 5.74) is 1.83. The Bertz CT molecular complexity index is 935. The van der Waals surface area contributed by atoms with Gasteiger partial charge in [-0.1, -0.05) is 18.2 Å². The van der Waals surface area contributed by atoms with Gasteiger partial charge >= 0.3 is 5.97 Å². The molecule has 0 atom stereocenters. The molecule has 0 radical (unpaired) electrons. The minimum absolute atomic E-state index is 0.145. The molecule has 0 bridgehead atoms. The van der Waals surface area contributed by atoms with Gasteiger partial charge in [0, 0.05) is 18.4 Å². The summed E-state index contributed by atoms with van der Waals surface area (Å²) in [6, 6.07) is 11.5. The van der Waals surface area contributed by atoms with Crippen LogP contribution in [0.15, 0.2) is 47.4 Å². The predicted octanol–water partition coefficient (Wildman–Crippen LogP) is 1.83. The molecule has 0 unspecified atom stereocenters. The van der Waals surface area contributed by atoms with Crippen LogP contribution in [0.5, 0.6) is 5.75 Å². The molecule has 0 fully saturated rings. The first-order valence-electron chi connectivity index (χ1n) is 8.19. The van der Waals surface area contributed by atoms with E-state index >= 15 is 0 Å². The third-order valence-electron chi connectivity index (χ3n) is 3.83. The summed E-state index contributed by atoms with van der Waals surface area (Å²) in [6.45, 7) is 1.65. The molecule has 0 heterocycles. The number of carboxylic acid groups (broad SMARTS) is 1. The Kier molecular flexibility index (Phi) is 6.57. The third kappa shape index (κ3) is 6.10. The SMILES string of the molecule is Cc1ccc(C(=O)NCCc2ccc(OCC(=O)O)cc2)cc1S(C)(=O)=O. The van der Waals surface area contributed by atoms with Crippen molar-refractivity contribution >= 4 is 21.7 Å². The number of carboxylic acids is 1. The van der Waals surface area contributed by atoms with Gasteiger partial charge in [-0.2, -0.15) is 0 Å². The maximum atomic E-state index is 12.2. The summed E-state index contributed by atoms with van der Waals surface area (Å²) in [5, 5.41) is 11.3. The summed E-state index contributed by atoms with van der Waals surface area (Å²) >= 11 is 0. The first kappa shape index (κ1) is 20.4. The second kappa shape index (κ2) is 8.68. The zero-order valence-electron chi connectivity index (χ0n) is 15.1. The molecule has 27 heavy (non-hydrogen) atoms. The fourth-order valence-corrected chi connectivity index (χ4v) is 3.45. The maximum Gasteiger partial charge on any atom is 0.341 e. The topological polar surface area (TPSA) is 110 Å². The average molecular weight is 391 g/mol. The Morgan fingerprint density at radius 1 is 1.11 bits per heavy atom. The highest BCUT2D eigenvalue weighted by Gasteiger charge is 2.14. The van der Waals surface area contributed by atoms with E-state index in [0.29, 0.717) is 29.8 Å². The molecule has 0 aromatic heterocycles. The van der Waals surface area contributed by atoms with Gasteiger partial charge in [-0.3, -0.25) is 4.79 Å². The van der Waals surface area contributed by atoms with Gasteiger partial charge in [0.05, 0.1) is 4.90 Å². The molecule has 1 amide bonds. The molecule has 2 rings (SSSR count).